The molecule has 10 heteroatoms. The van der Waals surface area contributed by atoms with Crippen molar-refractivity contribution >= 4 is 28.6 Å². The normalized spacial score (nSPS) is 14.4. The van der Waals surface area contributed by atoms with Crippen molar-refractivity contribution in [1.29, 1.82) is 0 Å². The molecule has 0 aliphatic carbocycles. The first kappa shape index (κ1) is 19.1. The van der Waals surface area contributed by atoms with E-state index < -0.39 is 16.7 Å². The largest absolute Gasteiger partial charge is 0.425 e. The van der Waals surface area contributed by atoms with Gasteiger partial charge < -0.3 is 4.90 Å². The molecule has 0 atom stereocenters. The lowest BCUT2D eigenvalue weighted by Gasteiger charge is -2.27. The number of hydrogen-bond donors (Lipinski definition) is 0. The summed E-state index contributed by atoms with van der Waals surface area (Å²) in [6.45, 7) is 5.16. The number of rotatable bonds is 3. The predicted molar refractivity (Wildman–Crippen MR) is 103 cm³/mol. The highest BCUT2D eigenvalue weighted by atomic mass is 32.1. The van der Waals surface area contributed by atoms with Gasteiger partial charge in [0.1, 0.15) is 10.7 Å². The van der Waals surface area contributed by atoms with E-state index in [9.17, 15) is 18.0 Å². The summed E-state index contributed by atoms with van der Waals surface area (Å²) >= 11 is 2.42. The fourth-order valence-electron chi connectivity index (χ4n) is 3.26. The van der Waals surface area contributed by atoms with Crippen LogP contribution in [0, 0.1) is 13.8 Å². The number of thiophene rings is 2. The van der Waals surface area contributed by atoms with Gasteiger partial charge in [-0.2, -0.15) is 23.1 Å². The number of aromatic nitrogens is 3. The molecule has 0 spiro atoms. The van der Waals surface area contributed by atoms with Gasteiger partial charge in [0.25, 0.3) is 0 Å². The maximum atomic E-state index is 12.8. The van der Waals surface area contributed by atoms with E-state index >= 15 is 0 Å². The van der Waals surface area contributed by atoms with Crippen LogP contribution in [0.15, 0.2) is 23.0 Å². The van der Waals surface area contributed by atoms with Crippen LogP contribution in [-0.4, -0.2) is 21.1 Å². The highest BCUT2D eigenvalue weighted by Gasteiger charge is 2.32. The molecule has 28 heavy (non-hydrogen) atoms. The number of nitrogens with zero attached hydrogens (tertiary/aromatic N) is 4. The minimum absolute atomic E-state index is 0.0273. The summed E-state index contributed by atoms with van der Waals surface area (Å²) in [6.07, 6.45) is -3.49. The molecular weight excluding hydrogens is 409 g/mol. The number of alkyl halides is 3. The third kappa shape index (κ3) is 3.70. The zero-order chi connectivity index (χ0) is 20.1. The Morgan fingerprint density at radius 3 is 2.64 bits per heavy atom. The summed E-state index contributed by atoms with van der Waals surface area (Å²) in [5.41, 5.74) is 0.731. The van der Waals surface area contributed by atoms with E-state index in [1.54, 1.807) is 18.3 Å². The van der Waals surface area contributed by atoms with Gasteiger partial charge in [-0.25, -0.2) is 4.79 Å². The lowest BCUT2D eigenvalue weighted by Crippen LogP contribution is -2.35. The van der Waals surface area contributed by atoms with Crippen LogP contribution in [0.3, 0.4) is 0 Å². The van der Waals surface area contributed by atoms with E-state index in [1.807, 2.05) is 4.90 Å². The van der Waals surface area contributed by atoms with Gasteiger partial charge in [0.05, 0.1) is 6.54 Å². The van der Waals surface area contributed by atoms with Crippen molar-refractivity contribution in [3.63, 3.8) is 0 Å². The topological polar surface area (TPSA) is 51.0 Å². The quantitative estimate of drug-likeness (QED) is 0.635. The van der Waals surface area contributed by atoms with Gasteiger partial charge in [0.15, 0.2) is 0 Å². The van der Waals surface area contributed by atoms with Crippen LogP contribution in [0.5, 0.6) is 0 Å². The standard InChI is InChI=1S/C18H17F3N4OS2/c1-10-7-12-8-24(6-5-14(12)27-10)16-22-11(2)25(17(26)23-16)9-13-3-4-15(28-13)18(19,20)21/h3-4,7H,5-6,8-9H2,1-2H3. The Kier molecular flexibility index (Phi) is 4.78. The Bertz CT molecular complexity index is 1080. The molecular formula is C18H17F3N4OS2. The lowest BCUT2D eigenvalue weighted by atomic mass is 10.1. The average Bonchev–Trinajstić information content (AvgIpc) is 3.22. The van der Waals surface area contributed by atoms with Crippen molar-refractivity contribution in [2.75, 3.05) is 11.4 Å². The minimum Gasteiger partial charge on any atom is -0.336 e. The molecule has 1 aliphatic heterocycles. The Morgan fingerprint density at radius 2 is 1.96 bits per heavy atom. The van der Waals surface area contributed by atoms with E-state index in [2.05, 4.69) is 23.0 Å². The SMILES string of the molecule is Cc1cc2c(s1)CCN(c1nc(C)n(Cc3ccc(C(F)(F)F)s3)c(=O)n1)C2. The van der Waals surface area contributed by atoms with Crippen LogP contribution in [0.2, 0.25) is 0 Å². The average molecular weight is 426 g/mol. The van der Waals surface area contributed by atoms with Crippen molar-refractivity contribution in [3.05, 3.63) is 59.6 Å². The summed E-state index contributed by atoms with van der Waals surface area (Å²) in [4.78, 5) is 25.4. The van der Waals surface area contributed by atoms with Gasteiger partial charge in [0, 0.05) is 27.7 Å². The Labute approximate surface area is 167 Å². The number of fused-ring (bicyclic) bond motifs is 1. The maximum Gasteiger partial charge on any atom is 0.425 e. The zero-order valence-electron chi connectivity index (χ0n) is 15.2. The Balaban J connectivity index is 1.57. The molecule has 5 nitrogen and oxygen atoms in total. The molecule has 3 aromatic rings. The fraction of sp³-hybridized carbons (Fsp3) is 0.389. The van der Waals surface area contributed by atoms with Gasteiger partial charge in [0.2, 0.25) is 5.95 Å². The van der Waals surface area contributed by atoms with Crippen LogP contribution < -0.4 is 10.6 Å². The van der Waals surface area contributed by atoms with E-state index in [1.165, 1.54) is 26.0 Å². The van der Waals surface area contributed by atoms with Gasteiger partial charge in [-0.3, -0.25) is 4.57 Å². The molecule has 0 N–H and O–H groups in total. The van der Waals surface area contributed by atoms with Crippen LogP contribution in [0.1, 0.15) is 30.9 Å². The molecule has 0 saturated heterocycles. The van der Waals surface area contributed by atoms with E-state index in [4.69, 9.17) is 0 Å². The van der Waals surface area contributed by atoms with Crippen LogP contribution in [-0.2, 0) is 25.7 Å². The second kappa shape index (κ2) is 7.00. The summed E-state index contributed by atoms with van der Waals surface area (Å²) in [5.74, 6) is 0.805. The Hall–Kier alpha value is -2.20. The number of hydrogen-bond acceptors (Lipinski definition) is 6. The lowest BCUT2D eigenvalue weighted by molar-refractivity contribution is -0.134. The molecule has 0 unspecified atom stereocenters. The summed E-state index contributed by atoms with van der Waals surface area (Å²) in [5, 5.41) is 0. The van der Waals surface area contributed by atoms with Crippen molar-refractivity contribution < 1.29 is 13.2 Å². The third-order valence-electron chi connectivity index (χ3n) is 4.61. The number of halogens is 3. The smallest absolute Gasteiger partial charge is 0.336 e. The third-order valence-corrected chi connectivity index (χ3v) is 6.87. The van der Waals surface area contributed by atoms with Gasteiger partial charge in [-0.1, -0.05) is 0 Å². The van der Waals surface area contributed by atoms with E-state index in [0.717, 1.165) is 19.0 Å². The van der Waals surface area contributed by atoms with E-state index in [-0.39, 0.29) is 6.54 Å². The first-order chi connectivity index (χ1) is 13.2. The summed E-state index contributed by atoms with van der Waals surface area (Å²) < 4.78 is 39.6. The van der Waals surface area contributed by atoms with Gasteiger partial charge in [-0.15, -0.1) is 22.7 Å². The first-order valence-electron chi connectivity index (χ1n) is 8.65. The molecule has 0 aromatic carbocycles. The van der Waals surface area contributed by atoms with E-state index in [0.29, 0.717) is 34.5 Å². The summed E-state index contributed by atoms with van der Waals surface area (Å²) in [6, 6.07) is 4.57. The molecule has 0 radical (unpaired) electrons. The van der Waals surface area contributed by atoms with Crippen molar-refractivity contribution in [1.82, 2.24) is 14.5 Å². The van der Waals surface area contributed by atoms with Crippen LogP contribution in [0.25, 0.3) is 0 Å². The van der Waals surface area contributed by atoms with Crippen LogP contribution >= 0.6 is 22.7 Å². The molecule has 4 rings (SSSR count). The second-order valence-corrected chi connectivity index (χ2v) is 9.19. The van der Waals surface area contributed by atoms with Crippen molar-refractivity contribution in [2.45, 2.75) is 39.5 Å². The maximum absolute atomic E-state index is 12.8. The molecule has 3 aromatic heterocycles. The molecule has 0 saturated carbocycles. The summed E-state index contributed by atoms with van der Waals surface area (Å²) in [7, 11) is 0. The highest BCUT2D eigenvalue weighted by Crippen LogP contribution is 2.35. The molecule has 0 bridgehead atoms. The molecule has 1 aliphatic rings. The number of anilines is 1. The fourth-order valence-corrected chi connectivity index (χ4v) is 5.16. The predicted octanol–water partition coefficient (Wildman–Crippen LogP) is 4.01. The molecule has 4 heterocycles. The Morgan fingerprint density at radius 1 is 1.18 bits per heavy atom. The monoisotopic (exact) mass is 426 g/mol. The van der Waals surface area contributed by atoms with Gasteiger partial charge in [-0.05, 0) is 44.0 Å². The van der Waals surface area contributed by atoms with Crippen molar-refractivity contribution in [3.8, 4) is 0 Å². The number of aryl methyl sites for hydroxylation is 2. The molecule has 0 fully saturated rings. The highest BCUT2D eigenvalue weighted by molar-refractivity contribution is 7.12. The van der Waals surface area contributed by atoms with Crippen molar-refractivity contribution in [2.24, 2.45) is 0 Å². The van der Waals surface area contributed by atoms with Gasteiger partial charge >= 0.3 is 11.9 Å². The minimum atomic E-state index is -4.38. The van der Waals surface area contributed by atoms with Crippen LogP contribution in [0.4, 0.5) is 19.1 Å². The first-order valence-corrected chi connectivity index (χ1v) is 10.3. The molecule has 148 valence electrons. The molecule has 0 amide bonds. The second-order valence-electron chi connectivity index (χ2n) is 6.68. The zero-order valence-corrected chi connectivity index (χ0v) is 16.8.